The molecule has 0 aliphatic carbocycles. The van der Waals surface area contributed by atoms with Crippen molar-refractivity contribution in [3.8, 4) is 5.75 Å². The van der Waals surface area contributed by atoms with Crippen LogP contribution in [0.25, 0.3) is 0 Å². The molecule has 21 heavy (non-hydrogen) atoms. The number of hydrogen-bond donors (Lipinski definition) is 1. The van der Waals surface area contributed by atoms with Gasteiger partial charge in [-0.2, -0.15) is 0 Å². The molecule has 0 saturated carbocycles. The molecule has 5 heteroatoms. The largest absolute Gasteiger partial charge is 0.507 e. The van der Waals surface area contributed by atoms with E-state index in [2.05, 4.69) is 0 Å². The number of phenolic OH excluding ortho intramolecular Hbond substituents is 1. The first-order valence-corrected chi connectivity index (χ1v) is 7.87. The summed E-state index contributed by atoms with van der Waals surface area (Å²) in [5.41, 5.74) is 1.35. The summed E-state index contributed by atoms with van der Waals surface area (Å²) in [7, 11) is 1.73. The molecule has 0 radical (unpaired) electrons. The van der Waals surface area contributed by atoms with Crippen molar-refractivity contribution >= 4 is 40.1 Å². The van der Waals surface area contributed by atoms with E-state index in [1.165, 1.54) is 6.07 Å². The molecule has 2 rings (SSSR count). The Labute approximate surface area is 142 Å². The number of carbonyl (C=O) groups excluding carboxylic acids is 1. The molecule has 2 aromatic carbocycles. The molecule has 1 N–H and O–H groups in total. The summed E-state index contributed by atoms with van der Waals surface area (Å²) in [6.07, 6.45) is 0. The lowest BCUT2D eigenvalue weighted by Gasteiger charge is -2.26. The normalized spacial score (nSPS) is 12.0. The number of carbonyl (C=O) groups is 1. The fourth-order valence-corrected chi connectivity index (χ4v) is 2.68. The van der Waals surface area contributed by atoms with E-state index in [9.17, 15) is 9.90 Å². The molecule has 0 bridgehead atoms. The lowest BCUT2D eigenvalue weighted by atomic mass is 10.1. The Balaban J connectivity index is 2.26. The molecule has 2 aromatic rings. The van der Waals surface area contributed by atoms with Gasteiger partial charge >= 0.3 is 0 Å². The van der Waals surface area contributed by atoms with Crippen LogP contribution < -0.4 is 0 Å². The fourth-order valence-electron chi connectivity index (χ4n) is 2.05. The Morgan fingerprint density at radius 3 is 2.57 bits per heavy atom. The molecule has 0 aliphatic heterocycles. The number of halogens is 2. The molecule has 1 unspecified atom stereocenters. The first-order valence-electron chi connectivity index (χ1n) is 6.42. The molecular formula is C16H15ClINO2. The topological polar surface area (TPSA) is 40.5 Å². The van der Waals surface area contributed by atoms with E-state index in [1.54, 1.807) is 24.1 Å². The molecule has 0 aliphatic rings. The maximum atomic E-state index is 12.5. The van der Waals surface area contributed by atoms with Gasteiger partial charge in [-0.1, -0.05) is 29.8 Å². The van der Waals surface area contributed by atoms with Crippen molar-refractivity contribution < 1.29 is 9.90 Å². The summed E-state index contributed by atoms with van der Waals surface area (Å²) in [6, 6.07) is 12.2. The SMILES string of the molecule is CC(c1ccccc1Cl)N(C)C(=O)c1ccc(I)c(O)c1. The van der Waals surface area contributed by atoms with Crippen LogP contribution in [-0.2, 0) is 0 Å². The third-order valence-corrected chi connectivity index (χ3v) is 4.71. The highest BCUT2D eigenvalue weighted by Gasteiger charge is 2.21. The zero-order valence-electron chi connectivity index (χ0n) is 11.7. The minimum atomic E-state index is -0.160. The van der Waals surface area contributed by atoms with Gasteiger partial charge in [0.05, 0.1) is 9.61 Å². The highest BCUT2D eigenvalue weighted by atomic mass is 127. The van der Waals surface area contributed by atoms with Crippen molar-refractivity contribution in [1.82, 2.24) is 4.90 Å². The predicted molar refractivity (Wildman–Crippen MR) is 92.8 cm³/mol. The van der Waals surface area contributed by atoms with Crippen molar-refractivity contribution in [2.45, 2.75) is 13.0 Å². The van der Waals surface area contributed by atoms with Crippen molar-refractivity contribution in [3.63, 3.8) is 0 Å². The zero-order valence-corrected chi connectivity index (χ0v) is 14.6. The summed E-state index contributed by atoms with van der Waals surface area (Å²) >= 11 is 8.20. The van der Waals surface area contributed by atoms with E-state index >= 15 is 0 Å². The van der Waals surface area contributed by atoms with Crippen molar-refractivity contribution in [2.24, 2.45) is 0 Å². The van der Waals surface area contributed by atoms with E-state index in [0.29, 0.717) is 14.2 Å². The van der Waals surface area contributed by atoms with Crippen molar-refractivity contribution in [2.75, 3.05) is 7.05 Å². The van der Waals surface area contributed by atoms with Gasteiger partial charge in [0.2, 0.25) is 0 Å². The van der Waals surface area contributed by atoms with E-state index in [1.807, 2.05) is 53.8 Å². The number of nitrogens with zero attached hydrogens (tertiary/aromatic N) is 1. The molecule has 0 saturated heterocycles. The third-order valence-electron chi connectivity index (χ3n) is 3.45. The van der Waals surface area contributed by atoms with Gasteiger partial charge in [0.1, 0.15) is 5.75 Å². The number of benzene rings is 2. The Bertz CT molecular complexity index is 675. The third kappa shape index (κ3) is 3.49. The maximum absolute atomic E-state index is 12.5. The zero-order chi connectivity index (χ0) is 15.6. The number of amides is 1. The van der Waals surface area contributed by atoms with Crippen LogP contribution in [0.5, 0.6) is 5.75 Å². The molecular weight excluding hydrogens is 401 g/mol. The summed E-state index contributed by atoms with van der Waals surface area (Å²) < 4.78 is 0.714. The summed E-state index contributed by atoms with van der Waals surface area (Å²) in [5, 5.41) is 10.4. The van der Waals surface area contributed by atoms with E-state index < -0.39 is 0 Å². The van der Waals surface area contributed by atoms with Crippen LogP contribution in [0.3, 0.4) is 0 Å². The van der Waals surface area contributed by atoms with E-state index in [-0.39, 0.29) is 17.7 Å². The summed E-state index contributed by atoms with van der Waals surface area (Å²) in [5.74, 6) is -0.0469. The first-order chi connectivity index (χ1) is 9.91. The minimum absolute atomic E-state index is 0.111. The average molecular weight is 416 g/mol. The summed E-state index contributed by atoms with van der Waals surface area (Å²) in [6.45, 7) is 1.92. The van der Waals surface area contributed by atoms with Crippen LogP contribution in [0, 0.1) is 3.57 Å². The molecule has 3 nitrogen and oxygen atoms in total. The van der Waals surface area contributed by atoms with Gasteiger partial charge in [-0.3, -0.25) is 4.79 Å². The van der Waals surface area contributed by atoms with E-state index in [4.69, 9.17) is 11.6 Å². The molecule has 1 atom stereocenters. The molecule has 0 heterocycles. The standard InChI is InChI=1S/C16H15ClINO2/c1-10(12-5-3-4-6-13(12)17)19(2)16(21)11-7-8-14(18)15(20)9-11/h3-10,20H,1-2H3. The minimum Gasteiger partial charge on any atom is -0.507 e. The second-order valence-electron chi connectivity index (χ2n) is 4.78. The Kier molecular flexibility index (Phi) is 5.11. The molecule has 0 aromatic heterocycles. The maximum Gasteiger partial charge on any atom is 0.254 e. The van der Waals surface area contributed by atoms with Gasteiger partial charge in [0.15, 0.2) is 0 Å². The monoisotopic (exact) mass is 415 g/mol. The highest BCUT2D eigenvalue weighted by molar-refractivity contribution is 14.1. The van der Waals surface area contributed by atoms with Gasteiger partial charge in [-0.25, -0.2) is 0 Å². The van der Waals surface area contributed by atoms with Crippen molar-refractivity contribution in [3.05, 3.63) is 62.2 Å². The smallest absolute Gasteiger partial charge is 0.254 e. The number of hydrogen-bond acceptors (Lipinski definition) is 2. The van der Waals surface area contributed by atoms with Crippen LogP contribution in [0.4, 0.5) is 0 Å². The Hall–Kier alpha value is -1.27. The second-order valence-corrected chi connectivity index (χ2v) is 6.35. The van der Waals surface area contributed by atoms with Gasteiger partial charge in [-0.05, 0) is 59.3 Å². The average Bonchev–Trinajstić information content (AvgIpc) is 2.48. The number of rotatable bonds is 3. The van der Waals surface area contributed by atoms with Crippen LogP contribution in [-0.4, -0.2) is 23.0 Å². The summed E-state index contributed by atoms with van der Waals surface area (Å²) in [4.78, 5) is 14.1. The van der Waals surface area contributed by atoms with E-state index in [0.717, 1.165) is 5.56 Å². The van der Waals surface area contributed by atoms with Crippen LogP contribution in [0.2, 0.25) is 5.02 Å². The lowest BCUT2D eigenvalue weighted by molar-refractivity contribution is 0.0742. The predicted octanol–water partition coefficient (Wildman–Crippen LogP) is 4.48. The Morgan fingerprint density at radius 2 is 1.95 bits per heavy atom. The second kappa shape index (κ2) is 6.66. The van der Waals surface area contributed by atoms with Gasteiger partial charge in [0, 0.05) is 17.6 Å². The van der Waals surface area contributed by atoms with Crippen LogP contribution >= 0.6 is 34.2 Å². The van der Waals surface area contributed by atoms with Crippen LogP contribution in [0.15, 0.2) is 42.5 Å². The fraction of sp³-hybridized carbons (Fsp3) is 0.188. The van der Waals surface area contributed by atoms with Gasteiger partial charge in [0.25, 0.3) is 5.91 Å². The van der Waals surface area contributed by atoms with Gasteiger partial charge < -0.3 is 10.0 Å². The molecule has 0 fully saturated rings. The highest BCUT2D eigenvalue weighted by Crippen LogP contribution is 2.28. The van der Waals surface area contributed by atoms with Crippen LogP contribution in [0.1, 0.15) is 28.9 Å². The van der Waals surface area contributed by atoms with Crippen molar-refractivity contribution in [1.29, 1.82) is 0 Å². The molecule has 0 spiro atoms. The number of aromatic hydroxyl groups is 1. The number of phenols is 1. The van der Waals surface area contributed by atoms with Gasteiger partial charge in [-0.15, -0.1) is 0 Å². The molecule has 1 amide bonds. The quantitative estimate of drug-likeness (QED) is 0.751. The first kappa shape index (κ1) is 16.1. The molecule has 110 valence electrons. The Morgan fingerprint density at radius 1 is 1.29 bits per heavy atom. The lowest BCUT2D eigenvalue weighted by Crippen LogP contribution is -2.29.